The molecule has 0 bridgehead atoms. The predicted octanol–water partition coefficient (Wildman–Crippen LogP) is 0.897. The van der Waals surface area contributed by atoms with E-state index in [2.05, 4.69) is 17.0 Å². The van der Waals surface area contributed by atoms with Gasteiger partial charge in [0.25, 0.3) is 0 Å². The summed E-state index contributed by atoms with van der Waals surface area (Å²) in [6.07, 6.45) is 0.457. The summed E-state index contributed by atoms with van der Waals surface area (Å²) in [5.41, 5.74) is 0. The Bertz CT molecular complexity index is 141. The summed E-state index contributed by atoms with van der Waals surface area (Å²) in [5.74, 6) is -0.0417. The second-order valence-electron chi connectivity index (χ2n) is 1.90. The van der Waals surface area contributed by atoms with Crippen LogP contribution in [-0.4, -0.2) is 11.0 Å². The van der Waals surface area contributed by atoms with E-state index in [-0.39, 0.29) is 11.9 Å². The summed E-state index contributed by atoms with van der Waals surface area (Å²) in [7, 11) is 0. The molecule has 2 nitrogen and oxygen atoms in total. The SMILES string of the molecule is CC1CC(=O)OC1=S. The van der Waals surface area contributed by atoms with E-state index in [1.54, 1.807) is 0 Å². The zero-order chi connectivity index (χ0) is 6.15. The number of thiocarbonyl (C=S) groups is 1. The number of hydrogen-bond acceptors (Lipinski definition) is 3. The molecule has 1 fully saturated rings. The fourth-order valence-electron chi connectivity index (χ4n) is 0.588. The van der Waals surface area contributed by atoms with E-state index in [0.29, 0.717) is 11.5 Å². The van der Waals surface area contributed by atoms with Crippen molar-refractivity contribution in [2.45, 2.75) is 13.3 Å². The highest BCUT2D eigenvalue weighted by Crippen LogP contribution is 2.15. The second-order valence-corrected chi connectivity index (χ2v) is 2.30. The zero-order valence-corrected chi connectivity index (χ0v) is 5.33. The van der Waals surface area contributed by atoms with Crippen molar-refractivity contribution in [1.82, 2.24) is 0 Å². The minimum atomic E-state index is -0.192. The van der Waals surface area contributed by atoms with Crippen molar-refractivity contribution in [3.8, 4) is 0 Å². The maximum Gasteiger partial charge on any atom is 0.312 e. The van der Waals surface area contributed by atoms with E-state index in [1.165, 1.54) is 0 Å². The minimum Gasteiger partial charge on any atom is -0.419 e. The van der Waals surface area contributed by atoms with Crippen molar-refractivity contribution in [1.29, 1.82) is 0 Å². The molecule has 0 spiro atoms. The van der Waals surface area contributed by atoms with Crippen LogP contribution in [-0.2, 0) is 9.53 Å². The monoisotopic (exact) mass is 130 g/mol. The minimum absolute atomic E-state index is 0.150. The molecule has 44 valence electrons. The van der Waals surface area contributed by atoms with Crippen molar-refractivity contribution in [3.63, 3.8) is 0 Å². The van der Waals surface area contributed by atoms with Crippen LogP contribution in [0.4, 0.5) is 0 Å². The van der Waals surface area contributed by atoms with Gasteiger partial charge in [-0.05, 0) is 12.2 Å². The Morgan fingerprint density at radius 2 is 2.50 bits per heavy atom. The Kier molecular flexibility index (Phi) is 1.29. The van der Waals surface area contributed by atoms with Gasteiger partial charge in [-0.3, -0.25) is 4.79 Å². The lowest BCUT2D eigenvalue weighted by molar-refractivity contribution is -0.133. The van der Waals surface area contributed by atoms with Gasteiger partial charge in [0.05, 0.1) is 6.42 Å². The summed E-state index contributed by atoms with van der Waals surface area (Å²) in [6.45, 7) is 1.88. The van der Waals surface area contributed by atoms with Crippen LogP contribution in [0, 0.1) is 5.92 Å². The molecule has 3 heteroatoms. The van der Waals surface area contributed by atoms with Gasteiger partial charge in [-0.1, -0.05) is 6.92 Å². The van der Waals surface area contributed by atoms with Crippen LogP contribution in [0.25, 0.3) is 0 Å². The van der Waals surface area contributed by atoms with Gasteiger partial charge in [-0.2, -0.15) is 0 Å². The molecule has 0 radical (unpaired) electrons. The molecule has 0 amide bonds. The van der Waals surface area contributed by atoms with Gasteiger partial charge < -0.3 is 4.74 Å². The van der Waals surface area contributed by atoms with Crippen LogP contribution >= 0.6 is 12.2 Å². The first kappa shape index (κ1) is 5.69. The van der Waals surface area contributed by atoms with Crippen LogP contribution in [0.1, 0.15) is 13.3 Å². The van der Waals surface area contributed by atoms with Gasteiger partial charge >= 0.3 is 5.97 Å². The zero-order valence-electron chi connectivity index (χ0n) is 4.51. The Balaban J connectivity index is 2.64. The number of rotatable bonds is 0. The van der Waals surface area contributed by atoms with E-state index < -0.39 is 0 Å². The third kappa shape index (κ3) is 0.865. The molecule has 1 rings (SSSR count). The molecule has 1 aliphatic heterocycles. The van der Waals surface area contributed by atoms with E-state index in [0.717, 1.165) is 0 Å². The topological polar surface area (TPSA) is 26.3 Å². The lowest BCUT2D eigenvalue weighted by Gasteiger charge is -1.91. The Morgan fingerprint density at radius 3 is 2.62 bits per heavy atom. The van der Waals surface area contributed by atoms with E-state index in [4.69, 9.17) is 0 Å². The summed E-state index contributed by atoms with van der Waals surface area (Å²) < 4.78 is 4.57. The molecule has 0 aromatic carbocycles. The number of ether oxygens (including phenoxy) is 1. The van der Waals surface area contributed by atoms with Crippen LogP contribution in [0.15, 0.2) is 0 Å². The normalized spacial score (nSPS) is 28.4. The largest absolute Gasteiger partial charge is 0.419 e. The van der Waals surface area contributed by atoms with E-state index in [9.17, 15) is 4.79 Å². The quantitative estimate of drug-likeness (QED) is 0.360. The number of esters is 1. The average molecular weight is 130 g/mol. The maximum absolute atomic E-state index is 10.4. The fourth-order valence-corrected chi connectivity index (χ4v) is 0.764. The van der Waals surface area contributed by atoms with Crippen molar-refractivity contribution in [2.24, 2.45) is 5.92 Å². The Labute approximate surface area is 52.8 Å². The molecular weight excluding hydrogens is 124 g/mol. The second kappa shape index (κ2) is 1.82. The fraction of sp³-hybridized carbons (Fsp3) is 0.600. The number of cyclic esters (lactones) is 1. The van der Waals surface area contributed by atoms with Gasteiger partial charge in [0.1, 0.15) is 0 Å². The third-order valence-electron chi connectivity index (χ3n) is 1.09. The van der Waals surface area contributed by atoms with Gasteiger partial charge in [0.15, 0.2) is 5.05 Å². The standard InChI is InChI=1S/C5H6O2S/c1-3-2-4(6)7-5(3)8/h3H,2H2,1H3. The average Bonchev–Trinajstić information content (AvgIpc) is 1.85. The summed E-state index contributed by atoms with van der Waals surface area (Å²) in [4.78, 5) is 10.4. The molecule has 0 saturated carbocycles. The molecule has 1 aliphatic rings. The van der Waals surface area contributed by atoms with Crippen molar-refractivity contribution >= 4 is 23.2 Å². The molecule has 0 aliphatic carbocycles. The third-order valence-corrected chi connectivity index (χ3v) is 1.58. The van der Waals surface area contributed by atoms with Gasteiger partial charge in [-0.25, -0.2) is 0 Å². The first-order valence-electron chi connectivity index (χ1n) is 2.44. The van der Waals surface area contributed by atoms with Gasteiger partial charge in [-0.15, -0.1) is 0 Å². The summed E-state index contributed by atoms with van der Waals surface area (Å²) >= 11 is 4.68. The number of hydrogen-bond donors (Lipinski definition) is 0. The summed E-state index contributed by atoms with van der Waals surface area (Å²) in [5, 5.41) is 0.440. The number of carbonyl (C=O) groups excluding carboxylic acids is 1. The highest BCUT2D eigenvalue weighted by atomic mass is 32.1. The molecule has 1 atom stereocenters. The molecule has 1 saturated heterocycles. The van der Waals surface area contributed by atoms with Crippen molar-refractivity contribution in [3.05, 3.63) is 0 Å². The van der Waals surface area contributed by atoms with Gasteiger partial charge in [0.2, 0.25) is 0 Å². The first-order valence-corrected chi connectivity index (χ1v) is 2.85. The van der Waals surface area contributed by atoms with Crippen LogP contribution < -0.4 is 0 Å². The van der Waals surface area contributed by atoms with Crippen molar-refractivity contribution < 1.29 is 9.53 Å². The molecular formula is C5H6O2S. The Hall–Kier alpha value is -0.440. The molecule has 0 aromatic heterocycles. The highest BCUT2D eigenvalue weighted by Gasteiger charge is 2.25. The smallest absolute Gasteiger partial charge is 0.312 e. The Morgan fingerprint density at radius 1 is 1.88 bits per heavy atom. The lowest BCUT2D eigenvalue weighted by Crippen LogP contribution is -1.98. The first-order chi connectivity index (χ1) is 3.70. The van der Waals surface area contributed by atoms with Gasteiger partial charge in [0, 0.05) is 5.92 Å². The highest BCUT2D eigenvalue weighted by molar-refractivity contribution is 7.80. The van der Waals surface area contributed by atoms with E-state index >= 15 is 0 Å². The molecule has 0 N–H and O–H groups in total. The van der Waals surface area contributed by atoms with Crippen molar-refractivity contribution in [2.75, 3.05) is 0 Å². The predicted molar refractivity (Wildman–Crippen MR) is 32.5 cm³/mol. The molecule has 1 unspecified atom stereocenters. The van der Waals surface area contributed by atoms with Crippen LogP contribution in [0.3, 0.4) is 0 Å². The molecule has 0 aromatic rings. The summed E-state index contributed by atoms with van der Waals surface area (Å²) in [6, 6.07) is 0. The van der Waals surface area contributed by atoms with Crippen LogP contribution in [0.5, 0.6) is 0 Å². The lowest BCUT2D eigenvalue weighted by atomic mass is 10.2. The van der Waals surface area contributed by atoms with E-state index in [1.807, 2.05) is 6.92 Å². The maximum atomic E-state index is 10.4. The molecule has 8 heavy (non-hydrogen) atoms. The molecule has 1 heterocycles. The van der Waals surface area contributed by atoms with Crippen LogP contribution in [0.2, 0.25) is 0 Å². The number of carbonyl (C=O) groups is 1.